The van der Waals surface area contributed by atoms with Crippen molar-refractivity contribution in [2.45, 2.75) is 6.42 Å². The molecule has 0 fully saturated rings. The van der Waals surface area contributed by atoms with E-state index in [2.05, 4.69) is 15.5 Å². The summed E-state index contributed by atoms with van der Waals surface area (Å²) in [5, 5.41) is 10.9. The molecule has 0 saturated carbocycles. The zero-order valence-electron chi connectivity index (χ0n) is 7.90. The molecule has 3 N–H and O–H groups in total. The van der Waals surface area contributed by atoms with Crippen molar-refractivity contribution < 1.29 is 4.79 Å². The van der Waals surface area contributed by atoms with Gasteiger partial charge in [-0.05, 0) is 12.1 Å². The SMILES string of the molecule is NC(=O)c1nnc2ccc3c(n12)CCN3. The number of amides is 1. The molecule has 76 valence electrons. The molecule has 1 aliphatic heterocycles. The summed E-state index contributed by atoms with van der Waals surface area (Å²) in [5.74, 6) is -0.353. The van der Waals surface area contributed by atoms with Crippen LogP contribution in [0.4, 0.5) is 5.69 Å². The van der Waals surface area contributed by atoms with E-state index in [1.807, 2.05) is 12.1 Å². The molecule has 3 heterocycles. The minimum Gasteiger partial charge on any atom is -0.383 e. The third-order valence-corrected chi connectivity index (χ3v) is 2.57. The third kappa shape index (κ3) is 1.01. The fourth-order valence-electron chi connectivity index (χ4n) is 1.93. The van der Waals surface area contributed by atoms with Crippen molar-refractivity contribution in [1.82, 2.24) is 14.6 Å². The van der Waals surface area contributed by atoms with Gasteiger partial charge in [-0.2, -0.15) is 0 Å². The van der Waals surface area contributed by atoms with Gasteiger partial charge in [0.2, 0.25) is 5.82 Å². The fraction of sp³-hybridized carbons (Fsp3) is 0.222. The Kier molecular flexibility index (Phi) is 1.47. The van der Waals surface area contributed by atoms with E-state index in [9.17, 15) is 4.79 Å². The zero-order valence-corrected chi connectivity index (χ0v) is 7.90. The van der Waals surface area contributed by atoms with E-state index in [1.165, 1.54) is 0 Å². The van der Waals surface area contributed by atoms with Gasteiger partial charge in [0.05, 0.1) is 11.4 Å². The van der Waals surface area contributed by atoms with Crippen LogP contribution >= 0.6 is 0 Å². The lowest BCUT2D eigenvalue weighted by molar-refractivity contribution is 0.0989. The molecule has 0 bridgehead atoms. The summed E-state index contributed by atoms with van der Waals surface area (Å²) < 4.78 is 1.72. The second kappa shape index (κ2) is 2.69. The Balaban J connectivity index is 2.41. The van der Waals surface area contributed by atoms with E-state index < -0.39 is 5.91 Å². The molecule has 1 amide bonds. The monoisotopic (exact) mass is 203 g/mol. The first-order valence-electron chi connectivity index (χ1n) is 4.68. The first kappa shape index (κ1) is 8.22. The number of fused-ring (bicyclic) bond motifs is 3. The van der Waals surface area contributed by atoms with Crippen molar-refractivity contribution in [3.05, 3.63) is 23.7 Å². The second-order valence-electron chi connectivity index (χ2n) is 3.45. The Morgan fingerprint density at radius 2 is 2.33 bits per heavy atom. The quantitative estimate of drug-likeness (QED) is 0.671. The van der Waals surface area contributed by atoms with Crippen molar-refractivity contribution in [3.63, 3.8) is 0 Å². The fourth-order valence-corrected chi connectivity index (χ4v) is 1.93. The summed E-state index contributed by atoms with van der Waals surface area (Å²) in [4.78, 5) is 11.2. The first-order chi connectivity index (χ1) is 7.27. The molecule has 0 aliphatic carbocycles. The van der Waals surface area contributed by atoms with E-state index in [0.717, 1.165) is 24.3 Å². The largest absolute Gasteiger partial charge is 0.383 e. The van der Waals surface area contributed by atoms with Gasteiger partial charge in [-0.25, -0.2) is 0 Å². The van der Waals surface area contributed by atoms with E-state index >= 15 is 0 Å². The molecule has 6 heteroatoms. The maximum atomic E-state index is 11.2. The summed E-state index contributed by atoms with van der Waals surface area (Å²) >= 11 is 0. The standard InChI is InChI=1S/C9H9N5O/c10-8(15)9-13-12-7-2-1-5-6(14(7)9)3-4-11-5/h1-2,11H,3-4H2,(H2,10,15). The molecule has 3 rings (SSSR count). The third-order valence-electron chi connectivity index (χ3n) is 2.57. The number of carbonyl (C=O) groups excluding carboxylic acids is 1. The minimum atomic E-state index is -0.553. The van der Waals surface area contributed by atoms with Crippen molar-refractivity contribution >= 4 is 17.2 Å². The topological polar surface area (TPSA) is 85.3 Å². The zero-order chi connectivity index (χ0) is 10.4. The molecular weight excluding hydrogens is 194 g/mol. The highest BCUT2D eigenvalue weighted by atomic mass is 16.1. The second-order valence-corrected chi connectivity index (χ2v) is 3.45. The molecule has 0 spiro atoms. The van der Waals surface area contributed by atoms with Crippen LogP contribution in [0, 0.1) is 0 Å². The molecule has 0 radical (unpaired) electrons. The van der Waals surface area contributed by atoms with Gasteiger partial charge in [0, 0.05) is 13.0 Å². The van der Waals surface area contributed by atoms with Gasteiger partial charge in [0.15, 0.2) is 5.65 Å². The maximum Gasteiger partial charge on any atom is 0.287 e. The Hall–Kier alpha value is -2.11. The van der Waals surface area contributed by atoms with Gasteiger partial charge in [-0.1, -0.05) is 0 Å². The van der Waals surface area contributed by atoms with E-state index in [-0.39, 0.29) is 5.82 Å². The minimum absolute atomic E-state index is 0.200. The van der Waals surface area contributed by atoms with Gasteiger partial charge >= 0.3 is 0 Å². The normalized spacial score (nSPS) is 13.9. The van der Waals surface area contributed by atoms with Crippen molar-refractivity contribution in [1.29, 1.82) is 0 Å². The highest BCUT2D eigenvalue weighted by Crippen LogP contribution is 2.23. The number of nitrogens with two attached hydrogens (primary N) is 1. The van der Waals surface area contributed by atoms with Crippen LogP contribution in [0.25, 0.3) is 5.65 Å². The molecule has 2 aromatic heterocycles. The summed E-state index contributed by atoms with van der Waals surface area (Å²) in [7, 11) is 0. The number of pyridine rings is 1. The number of rotatable bonds is 1. The summed E-state index contributed by atoms with van der Waals surface area (Å²) in [6.07, 6.45) is 0.852. The molecular formula is C9H9N5O. The number of nitrogens with zero attached hydrogens (tertiary/aromatic N) is 3. The Bertz CT molecular complexity index is 559. The first-order valence-corrected chi connectivity index (χ1v) is 4.68. The number of aromatic nitrogens is 3. The number of anilines is 1. The Morgan fingerprint density at radius 1 is 1.47 bits per heavy atom. The van der Waals surface area contributed by atoms with Crippen molar-refractivity contribution in [2.75, 3.05) is 11.9 Å². The van der Waals surface area contributed by atoms with Crippen LogP contribution in [0.3, 0.4) is 0 Å². The molecule has 0 unspecified atom stereocenters. The van der Waals surface area contributed by atoms with Gasteiger partial charge in [0.1, 0.15) is 0 Å². The average molecular weight is 203 g/mol. The van der Waals surface area contributed by atoms with Crippen molar-refractivity contribution in [2.24, 2.45) is 5.73 Å². The van der Waals surface area contributed by atoms with E-state index in [1.54, 1.807) is 4.40 Å². The lowest BCUT2D eigenvalue weighted by atomic mass is 10.3. The van der Waals surface area contributed by atoms with Gasteiger partial charge < -0.3 is 11.1 Å². The van der Waals surface area contributed by atoms with Crippen molar-refractivity contribution in [3.8, 4) is 0 Å². The molecule has 1 aliphatic rings. The number of hydrogen-bond acceptors (Lipinski definition) is 4. The molecule has 6 nitrogen and oxygen atoms in total. The maximum absolute atomic E-state index is 11.2. The highest BCUT2D eigenvalue weighted by Gasteiger charge is 2.19. The van der Waals surface area contributed by atoms with Crippen LogP contribution in [0.5, 0.6) is 0 Å². The van der Waals surface area contributed by atoms with Gasteiger partial charge in [-0.3, -0.25) is 9.20 Å². The van der Waals surface area contributed by atoms with Crippen LogP contribution in [-0.4, -0.2) is 27.0 Å². The number of hydrogen-bond donors (Lipinski definition) is 2. The summed E-state index contributed by atoms with van der Waals surface area (Å²) in [5.41, 5.74) is 7.93. The molecule has 0 atom stereocenters. The average Bonchev–Trinajstić information content (AvgIpc) is 2.82. The summed E-state index contributed by atoms with van der Waals surface area (Å²) in [6, 6.07) is 3.76. The summed E-state index contributed by atoms with van der Waals surface area (Å²) in [6.45, 7) is 0.866. The van der Waals surface area contributed by atoms with Crippen LogP contribution in [-0.2, 0) is 6.42 Å². The number of primary amides is 1. The van der Waals surface area contributed by atoms with Crippen LogP contribution in [0.15, 0.2) is 12.1 Å². The lowest BCUT2D eigenvalue weighted by Crippen LogP contribution is -2.16. The van der Waals surface area contributed by atoms with Crippen LogP contribution < -0.4 is 11.1 Å². The molecule has 0 saturated heterocycles. The predicted molar refractivity (Wildman–Crippen MR) is 53.7 cm³/mol. The Labute approximate surface area is 85.1 Å². The highest BCUT2D eigenvalue weighted by molar-refractivity contribution is 5.90. The lowest BCUT2D eigenvalue weighted by Gasteiger charge is -2.03. The molecule has 2 aromatic rings. The predicted octanol–water partition coefficient (Wildman–Crippen LogP) is -0.204. The van der Waals surface area contributed by atoms with E-state index in [0.29, 0.717) is 5.65 Å². The Morgan fingerprint density at radius 3 is 3.13 bits per heavy atom. The van der Waals surface area contributed by atoms with Crippen LogP contribution in [0.2, 0.25) is 0 Å². The van der Waals surface area contributed by atoms with Crippen LogP contribution in [0.1, 0.15) is 16.3 Å². The van der Waals surface area contributed by atoms with Gasteiger partial charge in [-0.15, -0.1) is 10.2 Å². The smallest absolute Gasteiger partial charge is 0.287 e. The molecule has 15 heavy (non-hydrogen) atoms. The molecule has 0 aromatic carbocycles. The van der Waals surface area contributed by atoms with Gasteiger partial charge in [0.25, 0.3) is 5.91 Å². The number of carbonyl (C=O) groups is 1. The van der Waals surface area contributed by atoms with E-state index in [4.69, 9.17) is 5.73 Å². The number of nitrogens with one attached hydrogen (secondary N) is 1.